The maximum absolute atomic E-state index is 12.1. The van der Waals surface area contributed by atoms with Crippen molar-refractivity contribution in [3.63, 3.8) is 0 Å². The Morgan fingerprint density at radius 3 is 1.61 bits per heavy atom. The largest absolute Gasteiger partial charge is 0.468 e. The Labute approximate surface area is 106 Å². The van der Waals surface area contributed by atoms with Gasteiger partial charge in [-0.1, -0.05) is 0 Å². The lowest BCUT2D eigenvalue weighted by Crippen LogP contribution is -2.50. The van der Waals surface area contributed by atoms with Crippen LogP contribution in [0.15, 0.2) is 0 Å². The van der Waals surface area contributed by atoms with Crippen LogP contribution in [0.25, 0.3) is 0 Å². The molecule has 0 aromatic carbocycles. The van der Waals surface area contributed by atoms with Gasteiger partial charge in [0.15, 0.2) is 0 Å². The van der Waals surface area contributed by atoms with Gasteiger partial charge in [0.2, 0.25) is 0 Å². The van der Waals surface area contributed by atoms with Crippen molar-refractivity contribution >= 4 is 17.8 Å². The Hall–Kier alpha value is -1.63. The summed E-state index contributed by atoms with van der Waals surface area (Å²) in [5, 5.41) is 0. The monoisotopic (exact) mass is 261 g/mol. The Morgan fingerprint density at radius 1 is 0.944 bits per heavy atom. The topological polar surface area (TPSA) is 82.1 Å². The van der Waals surface area contributed by atoms with E-state index in [1.165, 1.54) is 35.2 Å². The lowest BCUT2D eigenvalue weighted by atomic mass is 10.1. The molecule has 0 radical (unpaired) electrons. The molecule has 7 nitrogen and oxygen atoms in total. The fraction of sp³-hybridized carbons (Fsp3) is 0.727. The number of methoxy groups -OCH3 is 3. The van der Waals surface area contributed by atoms with Gasteiger partial charge in [0.05, 0.1) is 14.2 Å². The van der Waals surface area contributed by atoms with Crippen molar-refractivity contribution in [2.75, 3.05) is 34.4 Å². The van der Waals surface area contributed by atoms with Crippen molar-refractivity contribution < 1.29 is 28.6 Å². The molecule has 0 saturated carbocycles. The Balaban J connectivity index is 4.91. The van der Waals surface area contributed by atoms with Crippen LogP contribution < -0.4 is 0 Å². The number of hydrogen-bond acceptors (Lipinski definition) is 6. The van der Waals surface area contributed by atoms with Gasteiger partial charge in [0.1, 0.15) is 18.7 Å². The standard InChI is InChI=1S/C11H19NO6/c1-11(2,18-5)10(15)12(6-8(13)16-3)7-9(14)17-4/h6-7H2,1-5H3. The summed E-state index contributed by atoms with van der Waals surface area (Å²) in [6, 6.07) is 0. The number of carbonyl (C=O) groups excluding carboxylic acids is 3. The molecule has 0 fully saturated rings. The summed E-state index contributed by atoms with van der Waals surface area (Å²) in [6.45, 7) is 2.40. The van der Waals surface area contributed by atoms with E-state index in [1.807, 2.05) is 0 Å². The SMILES string of the molecule is COC(=O)CN(CC(=O)OC)C(=O)C(C)(C)OC. The molecule has 0 unspecified atom stereocenters. The molecule has 0 spiro atoms. The Morgan fingerprint density at radius 2 is 1.33 bits per heavy atom. The van der Waals surface area contributed by atoms with Crippen molar-refractivity contribution in [1.82, 2.24) is 4.90 Å². The summed E-state index contributed by atoms with van der Waals surface area (Å²) in [6.07, 6.45) is 0. The van der Waals surface area contributed by atoms with Crippen molar-refractivity contribution in [3.05, 3.63) is 0 Å². The maximum atomic E-state index is 12.1. The van der Waals surface area contributed by atoms with Crippen LogP contribution in [-0.4, -0.2) is 62.8 Å². The van der Waals surface area contributed by atoms with Crippen molar-refractivity contribution in [1.29, 1.82) is 0 Å². The predicted molar refractivity (Wildman–Crippen MR) is 61.7 cm³/mol. The van der Waals surface area contributed by atoms with Gasteiger partial charge >= 0.3 is 11.9 Å². The smallest absolute Gasteiger partial charge is 0.325 e. The van der Waals surface area contributed by atoms with Gasteiger partial charge in [0.25, 0.3) is 5.91 Å². The Bertz CT molecular complexity index is 307. The number of esters is 2. The van der Waals surface area contributed by atoms with Crippen LogP contribution >= 0.6 is 0 Å². The van der Waals surface area contributed by atoms with Gasteiger partial charge in [0, 0.05) is 7.11 Å². The van der Waals surface area contributed by atoms with Gasteiger partial charge in [-0.2, -0.15) is 0 Å². The highest BCUT2D eigenvalue weighted by Gasteiger charge is 2.34. The van der Waals surface area contributed by atoms with Crippen molar-refractivity contribution in [3.8, 4) is 0 Å². The Kier molecular flexibility index (Phi) is 6.32. The molecule has 0 aromatic rings. The van der Waals surface area contributed by atoms with Crippen LogP contribution in [0.5, 0.6) is 0 Å². The minimum Gasteiger partial charge on any atom is -0.468 e. The maximum Gasteiger partial charge on any atom is 0.325 e. The number of carbonyl (C=O) groups is 3. The van der Waals surface area contributed by atoms with E-state index >= 15 is 0 Å². The van der Waals surface area contributed by atoms with E-state index in [9.17, 15) is 14.4 Å². The average molecular weight is 261 g/mol. The first kappa shape index (κ1) is 16.4. The first-order valence-corrected chi connectivity index (χ1v) is 5.26. The highest BCUT2D eigenvalue weighted by molar-refractivity contribution is 5.90. The zero-order valence-electron chi connectivity index (χ0n) is 11.3. The van der Waals surface area contributed by atoms with E-state index < -0.39 is 23.4 Å². The second kappa shape index (κ2) is 6.95. The van der Waals surface area contributed by atoms with Crippen LogP contribution in [0, 0.1) is 0 Å². The van der Waals surface area contributed by atoms with Gasteiger partial charge < -0.3 is 19.1 Å². The summed E-state index contributed by atoms with van der Waals surface area (Å²) in [5.41, 5.74) is -1.14. The average Bonchev–Trinajstić information content (AvgIpc) is 2.36. The van der Waals surface area contributed by atoms with E-state index in [2.05, 4.69) is 9.47 Å². The molecule has 7 heteroatoms. The molecule has 0 aromatic heterocycles. The third-order valence-electron chi connectivity index (χ3n) is 2.41. The van der Waals surface area contributed by atoms with E-state index in [1.54, 1.807) is 0 Å². The quantitative estimate of drug-likeness (QED) is 0.604. The minimum absolute atomic E-state index is 0.336. The minimum atomic E-state index is -1.14. The normalized spacial score (nSPS) is 10.7. The second-order valence-electron chi connectivity index (χ2n) is 4.03. The van der Waals surface area contributed by atoms with Crippen LogP contribution in [0.2, 0.25) is 0 Å². The van der Waals surface area contributed by atoms with Gasteiger partial charge in [-0.15, -0.1) is 0 Å². The highest BCUT2D eigenvalue weighted by atomic mass is 16.5. The fourth-order valence-corrected chi connectivity index (χ4v) is 1.11. The molecule has 0 atom stereocenters. The molecule has 0 bridgehead atoms. The number of ether oxygens (including phenoxy) is 3. The molecular weight excluding hydrogens is 242 g/mol. The molecule has 104 valence electrons. The van der Waals surface area contributed by atoms with E-state index in [-0.39, 0.29) is 13.1 Å². The van der Waals surface area contributed by atoms with Gasteiger partial charge in [-0.05, 0) is 13.8 Å². The summed E-state index contributed by atoms with van der Waals surface area (Å²) in [5.74, 6) is -1.75. The molecule has 0 aliphatic rings. The number of amides is 1. The van der Waals surface area contributed by atoms with E-state index in [0.29, 0.717) is 0 Å². The van der Waals surface area contributed by atoms with Gasteiger partial charge in [-0.3, -0.25) is 14.4 Å². The summed E-state index contributed by atoms with van der Waals surface area (Å²) >= 11 is 0. The summed E-state index contributed by atoms with van der Waals surface area (Å²) < 4.78 is 13.9. The van der Waals surface area contributed by atoms with E-state index in [4.69, 9.17) is 4.74 Å². The van der Waals surface area contributed by atoms with Crippen molar-refractivity contribution in [2.45, 2.75) is 19.4 Å². The van der Waals surface area contributed by atoms with Gasteiger partial charge in [-0.25, -0.2) is 0 Å². The van der Waals surface area contributed by atoms with Crippen LogP contribution in [0.1, 0.15) is 13.8 Å². The van der Waals surface area contributed by atoms with Crippen LogP contribution in [0.3, 0.4) is 0 Å². The summed E-state index contributed by atoms with van der Waals surface area (Å²) in [4.78, 5) is 35.5. The highest BCUT2D eigenvalue weighted by Crippen LogP contribution is 2.12. The second-order valence-corrected chi connectivity index (χ2v) is 4.03. The number of rotatable bonds is 6. The van der Waals surface area contributed by atoms with Crippen molar-refractivity contribution in [2.24, 2.45) is 0 Å². The zero-order valence-corrected chi connectivity index (χ0v) is 11.3. The molecule has 0 aliphatic heterocycles. The molecule has 1 amide bonds. The molecule has 0 saturated heterocycles. The molecule has 0 heterocycles. The van der Waals surface area contributed by atoms with Crippen LogP contribution in [-0.2, 0) is 28.6 Å². The predicted octanol–water partition coefficient (Wildman–Crippen LogP) is -0.414. The molecule has 0 N–H and O–H groups in total. The van der Waals surface area contributed by atoms with E-state index in [0.717, 1.165) is 4.90 Å². The molecule has 18 heavy (non-hydrogen) atoms. The summed E-state index contributed by atoms with van der Waals surface area (Å²) in [7, 11) is 3.77. The molecular formula is C11H19NO6. The third-order valence-corrected chi connectivity index (χ3v) is 2.41. The number of nitrogens with zero attached hydrogens (tertiary/aromatic N) is 1. The fourth-order valence-electron chi connectivity index (χ4n) is 1.11. The zero-order chi connectivity index (χ0) is 14.3. The lowest BCUT2D eigenvalue weighted by molar-refractivity contribution is -0.161. The molecule has 0 aliphatic carbocycles. The van der Waals surface area contributed by atoms with Crippen LogP contribution in [0.4, 0.5) is 0 Å². The number of hydrogen-bond donors (Lipinski definition) is 0. The molecule has 0 rings (SSSR count). The first-order chi connectivity index (χ1) is 8.28. The first-order valence-electron chi connectivity index (χ1n) is 5.26. The third kappa shape index (κ3) is 4.70. The lowest BCUT2D eigenvalue weighted by Gasteiger charge is -2.29.